The van der Waals surface area contributed by atoms with Gasteiger partial charge in [-0.25, -0.2) is 4.39 Å². The van der Waals surface area contributed by atoms with Crippen LogP contribution in [-0.4, -0.2) is 35.6 Å². The Morgan fingerprint density at radius 2 is 2.03 bits per heavy atom. The molecule has 2 aliphatic rings. The molecule has 0 bridgehead atoms. The van der Waals surface area contributed by atoms with Gasteiger partial charge in [0.1, 0.15) is 11.9 Å². The second-order valence-electron chi connectivity index (χ2n) is 8.62. The Labute approximate surface area is 192 Å². The van der Waals surface area contributed by atoms with Crippen LogP contribution >= 0.6 is 0 Å². The van der Waals surface area contributed by atoms with Crippen molar-refractivity contribution in [2.45, 2.75) is 45.6 Å². The smallest absolute Gasteiger partial charge is 0.257 e. The molecule has 0 unspecified atom stereocenters. The fourth-order valence-electron chi connectivity index (χ4n) is 4.49. The van der Waals surface area contributed by atoms with E-state index in [1.807, 2.05) is 25.5 Å². The van der Waals surface area contributed by atoms with E-state index in [-0.39, 0.29) is 23.4 Å². The van der Waals surface area contributed by atoms with Crippen LogP contribution in [0.4, 0.5) is 10.1 Å². The van der Waals surface area contributed by atoms with Crippen molar-refractivity contribution in [3.63, 3.8) is 0 Å². The molecule has 33 heavy (non-hydrogen) atoms. The highest BCUT2D eigenvalue weighted by atomic mass is 19.1. The lowest BCUT2D eigenvalue weighted by Gasteiger charge is -2.24. The molecular weight excluding hydrogens is 423 g/mol. The molecule has 1 atom stereocenters. The Kier molecular flexibility index (Phi) is 6.34. The maximum Gasteiger partial charge on any atom is 0.257 e. The van der Waals surface area contributed by atoms with Crippen LogP contribution in [0.25, 0.3) is 5.57 Å². The summed E-state index contributed by atoms with van der Waals surface area (Å²) in [7, 11) is 1.85. The van der Waals surface area contributed by atoms with E-state index in [1.54, 1.807) is 6.07 Å². The van der Waals surface area contributed by atoms with Crippen molar-refractivity contribution in [3.05, 3.63) is 57.7 Å². The van der Waals surface area contributed by atoms with Crippen molar-refractivity contribution in [2.75, 3.05) is 18.5 Å². The van der Waals surface area contributed by atoms with Gasteiger partial charge in [-0.3, -0.25) is 9.59 Å². The molecule has 1 aromatic carbocycles. The molecule has 1 aliphatic carbocycles. The van der Waals surface area contributed by atoms with Crippen LogP contribution in [0.5, 0.6) is 0 Å². The zero-order valence-electron chi connectivity index (χ0n) is 19.0. The number of hydrogen-bond donors (Lipinski definition) is 2. The zero-order chi connectivity index (χ0) is 23.7. The second kappa shape index (κ2) is 9.20. The standard InChI is InChI=1S/C25H27FN4O3/c1-14-21(24(31)28-18-7-8-20(26)17(11-18)12-27)15(2)30(3)23(14)22(16-5-4-6-16)25(32)29-19-9-10-33-13-19/h7-8,11,19H,4-6,9-10,13H2,1-3H3,(H,28,31)(H,29,32)/t19-/m1/s1. The molecule has 1 aromatic heterocycles. The van der Waals surface area contributed by atoms with Gasteiger partial charge in [0.2, 0.25) is 0 Å². The lowest BCUT2D eigenvalue weighted by atomic mass is 9.85. The highest BCUT2D eigenvalue weighted by Gasteiger charge is 2.31. The van der Waals surface area contributed by atoms with Gasteiger partial charge in [-0.1, -0.05) is 5.57 Å². The van der Waals surface area contributed by atoms with Gasteiger partial charge >= 0.3 is 0 Å². The summed E-state index contributed by atoms with van der Waals surface area (Å²) in [6.45, 7) is 4.83. The van der Waals surface area contributed by atoms with Crippen molar-refractivity contribution < 1.29 is 18.7 Å². The molecule has 2 aromatic rings. The maximum atomic E-state index is 13.7. The number of hydrogen-bond acceptors (Lipinski definition) is 4. The van der Waals surface area contributed by atoms with E-state index in [2.05, 4.69) is 10.6 Å². The molecule has 0 spiro atoms. The number of nitrogens with zero attached hydrogens (tertiary/aromatic N) is 2. The van der Waals surface area contributed by atoms with Crippen molar-refractivity contribution >= 4 is 23.1 Å². The summed E-state index contributed by atoms with van der Waals surface area (Å²) in [6, 6.07) is 5.65. The average molecular weight is 451 g/mol. The monoisotopic (exact) mass is 450 g/mol. The number of amides is 2. The number of nitrogens with one attached hydrogen (secondary N) is 2. The zero-order valence-corrected chi connectivity index (χ0v) is 19.0. The topological polar surface area (TPSA) is 96.2 Å². The Morgan fingerprint density at radius 3 is 2.64 bits per heavy atom. The van der Waals surface area contributed by atoms with Crippen molar-refractivity contribution in [2.24, 2.45) is 7.05 Å². The van der Waals surface area contributed by atoms with E-state index in [1.165, 1.54) is 12.1 Å². The number of aromatic nitrogens is 1. The van der Waals surface area contributed by atoms with E-state index in [0.29, 0.717) is 35.6 Å². The molecule has 1 aliphatic heterocycles. The highest BCUT2D eigenvalue weighted by molar-refractivity contribution is 6.21. The van der Waals surface area contributed by atoms with Gasteiger partial charge in [0.05, 0.1) is 35.0 Å². The summed E-state index contributed by atoms with van der Waals surface area (Å²) in [4.78, 5) is 26.5. The van der Waals surface area contributed by atoms with Crippen molar-refractivity contribution in [1.29, 1.82) is 5.26 Å². The first-order valence-corrected chi connectivity index (χ1v) is 11.1. The molecule has 2 fully saturated rings. The number of allylic oxidation sites excluding steroid dienone is 1. The Balaban J connectivity index is 1.68. The summed E-state index contributed by atoms with van der Waals surface area (Å²) in [5, 5.41) is 14.9. The molecule has 2 amide bonds. The summed E-state index contributed by atoms with van der Waals surface area (Å²) in [5.41, 5.74) is 4.56. The normalized spacial score (nSPS) is 17.3. The first-order chi connectivity index (χ1) is 15.8. The molecule has 8 heteroatoms. The molecular formula is C25H27FN4O3. The van der Waals surface area contributed by atoms with Gasteiger partial charge in [0.15, 0.2) is 0 Å². The van der Waals surface area contributed by atoms with Crippen molar-refractivity contribution in [1.82, 2.24) is 9.88 Å². The Hall–Kier alpha value is -3.44. The number of ether oxygens (including phenoxy) is 1. The molecule has 7 nitrogen and oxygen atoms in total. The first kappa shape index (κ1) is 22.7. The molecule has 1 saturated heterocycles. The molecule has 2 heterocycles. The quantitative estimate of drug-likeness (QED) is 0.678. The number of carbonyl (C=O) groups is 2. The van der Waals surface area contributed by atoms with Crippen LogP contribution < -0.4 is 10.6 Å². The fraction of sp³-hybridized carbons (Fsp3) is 0.400. The number of nitriles is 1. The maximum absolute atomic E-state index is 13.7. The van der Waals surface area contributed by atoms with Crippen molar-refractivity contribution in [3.8, 4) is 6.07 Å². The lowest BCUT2D eigenvalue weighted by molar-refractivity contribution is -0.116. The van der Waals surface area contributed by atoms with Crippen LogP contribution in [0.2, 0.25) is 0 Å². The average Bonchev–Trinajstić information content (AvgIpc) is 3.33. The van der Waals surface area contributed by atoms with E-state index < -0.39 is 5.82 Å². The predicted octanol–water partition coefficient (Wildman–Crippen LogP) is 3.75. The number of benzene rings is 1. The predicted molar refractivity (Wildman–Crippen MR) is 122 cm³/mol. The van der Waals surface area contributed by atoms with Gasteiger partial charge in [-0.2, -0.15) is 5.26 Å². The van der Waals surface area contributed by atoms with E-state index >= 15 is 0 Å². The van der Waals surface area contributed by atoms with E-state index in [4.69, 9.17) is 10.00 Å². The largest absolute Gasteiger partial charge is 0.379 e. The molecule has 1 saturated carbocycles. The van der Waals surface area contributed by atoms with Crippen LogP contribution in [0.3, 0.4) is 0 Å². The summed E-state index contributed by atoms with van der Waals surface area (Å²) in [6.07, 6.45) is 3.55. The number of anilines is 1. The molecule has 172 valence electrons. The summed E-state index contributed by atoms with van der Waals surface area (Å²) < 4.78 is 20.9. The minimum absolute atomic E-state index is 0.00887. The summed E-state index contributed by atoms with van der Waals surface area (Å²) >= 11 is 0. The van der Waals surface area contributed by atoms with Gasteiger partial charge in [-0.15, -0.1) is 0 Å². The molecule has 4 rings (SSSR count). The van der Waals surface area contributed by atoms with Crippen LogP contribution in [0.1, 0.15) is 58.6 Å². The van der Waals surface area contributed by atoms with E-state index in [9.17, 15) is 14.0 Å². The summed E-state index contributed by atoms with van der Waals surface area (Å²) in [5.74, 6) is -1.14. The van der Waals surface area contributed by atoms with Crippen LogP contribution in [-0.2, 0) is 16.6 Å². The van der Waals surface area contributed by atoms with E-state index in [0.717, 1.165) is 48.7 Å². The van der Waals surface area contributed by atoms with Gasteiger partial charge in [0.25, 0.3) is 11.8 Å². The second-order valence-corrected chi connectivity index (χ2v) is 8.62. The van der Waals surface area contributed by atoms with Gasteiger partial charge < -0.3 is 19.9 Å². The third kappa shape index (κ3) is 4.29. The number of carbonyl (C=O) groups excluding carboxylic acids is 2. The Morgan fingerprint density at radius 1 is 1.27 bits per heavy atom. The van der Waals surface area contributed by atoms with Crippen LogP contribution in [0, 0.1) is 31.0 Å². The fourth-order valence-corrected chi connectivity index (χ4v) is 4.49. The minimum Gasteiger partial charge on any atom is -0.379 e. The Bertz CT molecular complexity index is 1190. The minimum atomic E-state index is -0.639. The van der Waals surface area contributed by atoms with Crippen LogP contribution in [0.15, 0.2) is 23.8 Å². The number of rotatable bonds is 5. The van der Waals surface area contributed by atoms with Gasteiger partial charge in [0, 0.05) is 25.0 Å². The molecule has 2 N–H and O–H groups in total. The molecule has 0 radical (unpaired) electrons. The number of halogens is 1. The third-order valence-corrected chi connectivity index (χ3v) is 6.54. The highest BCUT2D eigenvalue weighted by Crippen LogP contribution is 2.37. The third-order valence-electron chi connectivity index (χ3n) is 6.54. The lowest BCUT2D eigenvalue weighted by Crippen LogP contribution is -2.36. The SMILES string of the molecule is Cc1c(C(=O)Nc2ccc(F)c(C#N)c2)c(C)n(C)c1C(C(=O)N[C@@H]1CCOC1)=C1CCC1. The first-order valence-electron chi connectivity index (χ1n) is 11.1. The van der Waals surface area contributed by atoms with Gasteiger partial charge in [-0.05, 0) is 63.3 Å².